The Balaban J connectivity index is 1.95. The molecule has 0 spiro atoms. The number of nitrogens with zero attached hydrogens (tertiary/aromatic N) is 2. The number of carbonyl (C=O) groups is 1. The zero-order chi connectivity index (χ0) is 11.4. The summed E-state index contributed by atoms with van der Waals surface area (Å²) in [5, 5.41) is 9.26. The average molecular weight is 216 g/mol. The minimum atomic E-state index is 0.000780. The first-order valence-corrected chi connectivity index (χ1v) is 5.05. The molecular weight excluding hydrogens is 204 g/mol. The summed E-state index contributed by atoms with van der Waals surface area (Å²) >= 11 is 0. The Labute approximate surface area is 93.2 Å². The predicted octanol–water partition coefficient (Wildman–Crippen LogP) is 1.86. The van der Waals surface area contributed by atoms with Crippen LogP contribution in [0.1, 0.15) is 16.8 Å². The third-order valence-electron chi connectivity index (χ3n) is 2.33. The molecule has 1 aromatic carbocycles. The van der Waals surface area contributed by atoms with Crippen LogP contribution in [0, 0.1) is 0 Å². The quantitative estimate of drug-likeness (QED) is 0.852. The summed E-state index contributed by atoms with van der Waals surface area (Å²) in [6, 6.07) is 6.94. The molecule has 2 rings (SSSR count). The lowest BCUT2D eigenvalue weighted by Crippen LogP contribution is -2.09. The van der Waals surface area contributed by atoms with E-state index in [1.165, 1.54) is 10.9 Å². The van der Waals surface area contributed by atoms with Gasteiger partial charge in [-0.25, -0.2) is 4.98 Å². The fourth-order valence-corrected chi connectivity index (χ4v) is 1.50. The van der Waals surface area contributed by atoms with Gasteiger partial charge in [0.25, 0.3) is 0 Å². The van der Waals surface area contributed by atoms with Crippen LogP contribution in [0.5, 0.6) is 5.75 Å². The number of aromatic nitrogens is 2. The molecule has 0 fully saturated rings. The molecule has 0 saturated carbocycles. The van der Waals surface area contributed by atoms with Gasteiger partial charge in [0.05, 0.1) is 0 Å². The van der Waals surface area contributed by atoms with E-state index < -0.39 is 0 Å². The smallest absolute Gasteiger partial charge is 0.232 e. The Bertz CT molecular complexity index is 478. The van der Waals surface area contributed by atoms with Crippen LogP contribution in [0.2, 0.25) is 0 Å². The maximum Gasteiger partial charge on any atom is 0.232 e. The van der Waals surface area contributed by atoms with Crippen LogP contribution < -0.4 is 0 Å². The summed E-state index contributed by atoms with van der Waals surface area (Å²) in [6.07, 6.45) is 5.72. The van der Waals surface area contributed by atoms with E-state index in [-0.39, 0.29) is 11.7 Å². The number of imidazole rings is 1. The molecule has 0 unspecified atom stereocenters. The maximum absolute atomic E-state index is 11.6. The van der Waals surface area contributed by atoms with Crippen molar-refractivity contribution in [1.29, 1.82) is 0 Å². The highest BCUT2D eigenvalue weighted by Crippen LogP contribution is 2.12. The summed E-state index contributed by atoms with van der Waals surface area (Å²) in [5.74, 6) is 0.230. The first-order chi connectivity index (χ1) is 7.75. The lowest BCUT2D eigenvalue weighted by molar-refractivity contribution is 0.0903. The van der Waals surface area contributed by atoms with Crippen LogP contribution in [0.3, 0.4) is 0 Å². The number of hydrogen-bond acceptors (Lipinski definition) is 3. The van der Waals surface area contributed by atoms with Crippen molar-refractivity contribution < 1.29 is 9.90 Å². The number of aromatic hydroxyl groups is 1. The van der Waals surface area contributed by atoms with Gasteiger partial charge < -0.3 is 5.11 Å². The van der Waals surface area contributed by atoms with Gasteiger partial charge in [-0.2, -0.15) is 0 Å². The summed E-state index contributed by atoms with van der Waals surface area (Å²) in [6.45, 7) is 0. The van der Waals surface area contributed by atoms with E-state index in [0.29, 0.717) is 12.8 Å². The number of phenols is 1. The van der Waals surface area contributed by atoms with Crippen LogP contribution in [-0.2, 0) is 6.42 Å². The molecule has 0 atom stereocenters. The minimum absolute atomic E-state index is 0.000780. The van der Waals surface area contributed by atoms with Gasteiger partial charge >= 0.3 is 0 Å². The first-order valence-electron chi connectivity index (χ1n) is 5.05. The fraction of sp³-hybridized carbons (Fsp3) is 0.167. The number of benzene rings is 1. The largest absolute Gasteiger partial charge is 0.508 e. The molecule has 0 aliphatic rings. The normalized spacial score (nSPS) is 10.2. The fourth-order valence-electron chi connectivity index (χ4n) is 1.50. The van der Waals surface area contributed by atoms with E-state index in [1.54, 1.807) is 30.6 Å². The molecular formula is C12H12N2O2. The van der Waals surface area contributed by atoms with Crippen LogP contribution in [0.4, 0.5) is 0 Å². The van der Waals surface area contributed by atoms with Crippen molar-refractivity contribution in [3.63, 3.8) is 0 Å². The number of hydrogen-bond donors (Lipinski definition) is 1. The maximum atomic E-state index is 11.6. The third-order valence-corrected chi connectivity index (χ3v) is 2.33. The molecule has 0 bridgehead atoms. The number of aryl methyl sites for hydroxylation is 1. The van der Waals surface area contributed by atoms with Gasteiger partial charge in [-0.15, -0.1) is 0 Å². The van der Waals surface area contributed by atoms with Gasteiger partial charge in [-0.3, -0.25) is 9.36 Å². The van der Waals surface area contributed by atoms with E-state index in [1.807, 2.05) is 6.07 Å². The minimum Gasteiger partial charge on any atom is -0.508 e. The van der Waals surface area contributed by atoms with Crippen molar-refractivity contribution in [2.45, 2.75) is 12.8 Å². The van der Waals surface area contributed by atoms with E-state index in [9.17, 15) is 9.90 Å². The van der Waals surface area contributed by atoms with Gasteiger partial charge in [0.2, 0.25) is 5.91 Å². The first kappa shape index (κ1) is 10.4. The second-order valence-electron chi connectivity index (χ2n) is 3.53. The van der Waals surface area contributed by atoms with Crippen molar-refractivity contribution in [3.05, 3.63) is 48.5 Å². The zero-order valence-corrected chi connectivity index (χ0v) is 8.71. The van der Waals surface area contributed by atoms with Gasteiger partial charge in [0.15, 0.2) is 0 Å². The van der Waals surface area contributed by atoms with Crippen molar-refractivity contribution >= 4 is 5.91 Å². The average Bonchev–Trinajstić information content (AvgIpc) is 2.79. The SMILES string of the molecule is O=C(CCc1cccc(O)c1)n1ccnc1. The van der Waals surface area contributed by atoms with Crippen molar-refractivity contribution in [3.8, 4) is 5.75 Å². The Morgan fingerprint density at radius 1 is 1.44 bits per heavy atom. The van der Waals surface area contributed by atoms with Gasteiger partial charge in [-0.05, 0) is 24.1 Å². The van der Waals surface area contributed by atoms with E-state index >= 15 is 0 Å². The second kappa shape index (κ2) is 4.61. The van der Waals surface area contributed by atoms with E-state index in [4.69, 9.17) is 0 Å². The molecule has 82 valence electrons. The van der Waals surface area contributed by atoms with Crippen LogP contribution in [0.15, 0.2) is 43.0 Å². The highest BCUT2D eigenvalue weighted by molar-refractivity contribution is 5.78. The molecule has 0 aliphatic heterocycles. The molecule has 0 amide bonds. The third kappa shape index (κ3) is 2.48. The predicted molar refractivity (Wildman–Crippen MR) is 59.3 cm³/mol. The summed E-state index contributed by atoms with van der Waals surface area (Å²) in [5.41, 5.74) is 0.952. The summed E-state index contributed by atoms with van der Waals surface area (Å²) < 4.78 is 1.46. The molecule has 0 saturated heterocycles. The summed E-state index contributed by atoms with van der Waals surface area (Å²) in [4.78, 5) is 15.4. The highest BCUT2D eigenvalue weighted by Gasteiger charge is 2.04. The van der Waals surface area contributed by atoms with Gasteiger partial charge in [-0.1, -0.05) is 12.1 Å². The molecule has 1 heterocycles. The lowest BCUT2D eigenvalue weighted by Gasteiger charge is -2.02. The zero-order valence-electron chi connectivity index (χ0n) is 8.71. The lowest BCUT2D eigenvalue weighted by atomic mass is 10.1. The van der Waals surface area contributed by atoms with Crippen LogP contribution in [-0.4, -0.2) is 20.6 Å². The number of rotatable bonds is 3. The van der Waals surface area contributed by atoms with Crippen molar-refractivity contribution in [2.24, 2.45) is 0 Å². The Morgan fingerprint density at radius 2 is 2.31 bits per heavy atom. The molecule has 16 heavy (non-hydrogen) atoms. The second-order valence-corrected chi connectivity index (χ2v) is 3.53. The molecule has 4 nitrogen and oxygen atoms in total. The number of carbonyl (C=O) groups excluding carboxylic acids is 1. The molecule has 4 heteroatoms. The Kier molecular flexibility index (Phi) is 3.00. The highest BCUT2D eigenvalue weighted by atomic mass is 16.3. The van der Waals surface area contributed by atoms with Crippen LogP contribution >= 0.6 is 0 Å². The summed E-state index contributed by atoms with van der Waals surface area (Å²) in [7, 11) is 0. The van der Waals surface area contributed by atoms with E-state index in [0.717, 1.165) is 5.56 Å². The topological polar surface area (TPSA) is 55.1 Å². The van der Waals surface area contributed by atoms with Crippen molar-refractivity contribution in [1.82, 2.24) is 9.55 Å². The Hall–Kier alpha value is -2.10. The molecule has 1 N–H and O–H groups in total. The van der Waals surface area contributed by atoms with Gasteiger partial charge in [0, 0.05) is 18.8 Å². The molecule has 2 aromatic rings. The van der Waals surface area contributed by atoms with Crippen molar-refractivity contribution in [2.75, 3.05) is 0 Å². The molecule has 0 radical (unpaired) electrons. The monoisotopic (exact) mass is 216 g/mol. The number of phenolic OH excluding ortho intramolecular Hbond substituents is 1. The van der Waals surface area contributed by atoms with Crippen LogP contribution in [0.25, 0.3) is 0 Å². The Morgan fingerprint density at radius 3 is 3.00 bits per heavy atom. The van der Waals surface area contributed by atoms with Gasteiger partial charge in [0.1, 0.15) is 12.1 Å². The standard InChI is InChI=1S/C12H12N2O2/c15-11-3-1-2-10(8-11)4-5-12(16)14-7-6-13-9-14/h1-3,6-9,15H,4-5H2. The molecule has 0 aliphatic carbocycles. The molecule has 1 aromatic heterocycles. The van der Waals surface area contributed by atoms with E-state index in [2.05, 4.69) is 4.98 Å².